The van der Waals surface area contributed by atoms with Crippen molar-refractivity contribution in [2.75, 3.05) is 0 Å². The second-order valence-corrected chi connectivity index (χ2v) is 4.09. The minimum atomic E-state index is -0.921. The molecular formula is C10H13NO2S. The summed E-state index contributed by atoms with van der Waals surface area (Å²) in [4.78, 5) is 15.6. The number of carboxylic acid groups (broad SMARTS) is 1. The first kappa shape index (κ1) is 10.9. The number of hydrogen-bond acceptors (Lipinski definition) is 3. The topological polar surface area (TPSA) is 50.2 Å². The number of carbonyl (C=O) groups is 1. The monoisotopic (exact) mass is 211 g/mol. The van der Waals surface area contributed by atoms with Crippen molar-refractivity contribution in [2.24, 2.45) is 0 Å². The smallest absolute Gasteiger partial charge is 0.328 e. The van der Waals surface area contributed by atoms with Gasteiger partial charge in [0, 0.05) is 6.08 Å². The van der Waals surface area contributed by atoms with E-state index in [0.29, 0.717) is 0 Å². The average Bonchev–Trinajstić information content (AvgIpc) is 2.44. The third kappa shape index (κ3) is 2.96. The normalized spacial score (nSPS) is 11.0. The van der Waals surface area contributed by atoms with Crippen LogP contribution >= 0.6 is 11.3 Å². The number of aliphatic carboxylic acids is 1. The molecule has 4 heteroatoms. The van der Waals surface area contributed by atoms with Crippen LogP contribution in [0.3, 0.4) is 0 Å². The van der Waals surface area contributed by atoms with Gasteiger partial charge in [0.05, 0.1) is 15.6 Å². The maximum atomic E-state index is 10.3. The molecule has 1 N–H and O–H groups in total. The lowest BCUT2D eigenvalue weighted by atomic mass is 10.3. The third-order valence-corrected chi connectivity index (χ3v) is 2.90. The Morgan fingerprint density at radius 2 is 2.36 bits per heavy atom. The van der Waals surface area contributed by atoms with Gasteiger partial charge in [0.15, 0.2) is 0 Å². The number of nitrogens with zero attached hydrogens (tertiary/aromatic N) is 1. The van der Waals surface area contributed by atoms with Crippen molar-refractivity contribution in [3.8, 4) is 0 Å². The van der Waals surface area contributed by atoms with Crippen LogP contribution in [0.2, 0.25) is 0 Å². The van der Waals surface area contributed by atoms with Gasteiger partial charge in [-0.15, -0.1) is 11.3 Å². The first-order valence-corrected chi connectivity index (χ1v) is 5.32. The molecule has 0 bridgehead atoms. The Morgan fingerprint density at radius 3 is 2.93 bits per heavy atom. The van der Waals surface area contributed by atoms with E-state index in [-0.39, 0.29) is 0 Å². The molecule has 3 nitrogen and oxygen atoms in total. The van der Waals surface area contributed by atoms with Crippen molar-refractivity contribution in [2.45, 2.75) is 26.7 Å². The van der Waals surface area contributed by atoms with E-state index in [1.165, 1.54) is 0 Å². The molecule has 0 aliphatic carbocycles. The fraction of sp³-hybridized carbons (Fsp3) is 0.400. The fourth-order valence-corrected chi connectivity index (χ4v) is 2.16. The van der Waals surface area contributed by atoms with Gasteiger partial charge in [-0.25, -0.2) is 9.78 Å². The molecule has 14 heavy (non-hydrogen) atoms. The van der Waals surface area contributed by atoms with Gasteiger partial charge in [-0.2, -0.15) is 0 Å². The molecule has 1 heterocycles. The van der Waals surface area contributed by atoms with Crippen LogP contribution in [0.15, 0.2) is 6.08 Å². The molecular weight excluding hydrogens is 198 g/mol. The third-order valence-electron chi connectivity index (χ3n) is 1.72. The van der Waals surface area contributed by atoms with Gasteiger partial charge in [-0.1, -0.05) is 6.92 Å². The first-order chi connectivity index (χ1) is 6.63. The molecule has 0 aliphatic rings. The number of carboxylic acids is 1. The molecule has 0 aliphatic heterocycles. The van der Waals surface area contributed by atoms with Gasteiger partial charge in [0.25, 0.3) is 0 Å². The SMILES string of the molecule is CCCc1nc(C)c(/C=C/C(=O)O)s1. The van der Waals surface area contributed by atoms with E-state index in [4.69, 9.17) is 5.11 Å². The van der Waals surface area contributed by atoms with Gasteiger partial charge >= 0.3 is 5.97 Å². The lowest BCUT2D eigenvalue weighted by Gasteiger charge is -1.85. The molecule has 1 aromatic heterocycles. The van der Waals surface area contributed by atoms with Gasteiger partial charge in [0.1, 0.15) is 0 Å². The zero-order valence-corrected chi connectivity index (χ0v) is 9.10. The number of aryl methyl sites for hydroxylation is 2. The van der Waals surface area contributed by atoms with E-state index in [1.54, 1.807) is 17.4 Å². The summed E-state index contributed by atoms with van der Waals surface area (Å²) in [6, 6.07) is 0. The summed E-state index contributed by atoms with van der Waals surface area (Å²) in [5.41, 5.74) is 0.913. The van der Waals surface area contributed by atoms with Gasteiger partial charge in [0.2, 0.25) is 0 Å². The van der Waals surface area contributed by atoms with Crippen LogP contribution in [0.4, 0.5) is 0 Å². The molecule has 0 saturated heterocycles. The van der Waals surface area contributed by atoms with Crippen LogP contribution in [0.1, 0.15) is 28.9 Å². The minimum Gasteiger partial charge on any atom is -0.478 e. The molecule has 76 valence electrons. The number of aromatic nitrogens is 1. The molecule has 0 spiro atoms. The highest BCUT2D eigenvalue weighted by atomic mass is 32.1. The van der Waals surface area contributed by atoms with E-state index in [0.717, 1.165) is 34.5 Å². The highest BCUT2D eigenvalue weighted by molar-refractivity contribution is 7.12. The summed E-state index contributed by atoms with van der Waals surface area (Å²) in [7, 11) is 0. The Kier molecular flexibility index (Phi) is 3.83. The fourth-order valence-electron chi connectivity index (χ4n) is 1.09. The van der Waals surface area contributed by atoms with Crippen molar-refractivity contribution in [3.05, 3.63) is 21.7 Å². The van der Waals surface area contributed by atoms with Crippen molar-refractivity contribution in [1.29, 1.82) is 0 Å². The average molecular weight is 211 g/mol. The van der Waals surface area contributed by atoms with E-state index < -0.39 is 5.97 Å². The minimum absolute atomic E-state index is 0.913. The van der Waals surface area contributed by atoms with Crippen molar-refractivity contribution < 1.29 is 9.90 Å². The maximum Gasteiger partial charge on any atom is 0.328 e. The molecule has 0 fully saturated rings. The predicted molar refractivity (Wildman–Crippen MR) is 57.5 cm³/mol. The second-order valence-electron chi connectivity index (χ2n) is 2.98. The maximum absolute atomic E-state index is 10.3. The summed E-state index contributed by atoms with van der Waals surface area (Å²) in [6.07, 6.45) is 4.78. The molecule has 0 unspecified atom stereocenters. The summed E-state index contributed by atoms with van der Waals surface area (Å²) in [5.74, 6) is -0.921. The van der Waals surface area contributed by atoms with Crippen LogP contribution in [0.5, 0.6) is 0 Å². The lowest BCUT2D eigenvalue weighted by molar-refractivity contribution is -0.131. The molecule has 1 rings (SSSR count). The quantitative estimate of drug-likeness (QED) is 0.778. The Bertz CT molecular complexity index is 355. The number of hydrogen-bond donors (Lipinski definition) is 1. The standard InChI is InChI=1S/C10H13NO2S/c1-3-4-9-11-7(2)8(14-9)5-6-10(12)13/h5-6H,3-4H2,1-2H3,(H,12,13)/b6-5+. The molecule has 0 aromatic carbocycles. The largest absolute Gasteiger partial charge is 0.478 e. The Morgan fingerprint density at radius 1 is 1.64 bits per heavy atom. The van der Waals surface area contributed by atoms with E-state index in [9.17, 15) is 4.79 Å². The lowest BCUT2D eigenvalue weighted by Crippen LogP contribution is -1.85. The number of thiazole rings is 1. The highest BCUT2D eigenvalue weighted by Crippen LogP contribution is 2.20. The van der Waals surface area contributed by atoms with Crippen LogP contribution in [0.25, 0.3) is 6.08 Å². The predicted octanol–water partition coefficient (Wildman–Crippen LogP) is 2.50. The molecule has 1 aromatic rings. The highest BCUT2D eigenvalue weighted by Gasteiger charge is 2.04. The van der Waals surface area contributed by atoms with Crippen LogP contribution in [-0.2, 0) is 11.2 Å². The van der Waals surface area contributed by atoms with E-state index in [1.807, 2.05) is 6.92 Å². The summed E-state index contributed by atoms with van der Waals surface area (Å²) in [5, 5.41) is 9.55. The Balaban J connectivity index is 2.82. The summed E-state index contributed by atoms with van der Waals surface area (Å²) >= 11 is 1.56. The Hall–Kier alpha value is -1.16. The van der Waals surface area contributed by atoms with Crippen molar-refractivity contribution in [3.63, 3.8) is 0 Å². The van der Waals surface area contributed by atoms with Crippen molar-refractivity contribution in [1.82, 2.24) is 4.98 Å². The van der Waals surface area contributed by atoms with Gasteiger partial charge in [-0.05, 0) is 25.8 Å². The van der Waals surface area contributed by atoms with E-state index >= 15 is 0 Å². The Labute approximate surface area is 87.1 Å². The zero-order chi connectivity index (χ0) is 10.6. The first-order valence-electron chi connectivity index (χ1n) is 4.50. The molecule has 0 amide bonds. The molecule has 0 atom stereocenters. The van der Waals surface area contributed by atoms with Crippen molar-refractivity contribution >= 4 is 23.4 Å². The summed E-state index contributed by atoms with van der Waals surface area (Å²) < 4.78 is 0. The molecule has 0 saturated carbocycles. The zero-order valence-electron chi connectivity index (χ0n) is 8.28. The molecule has 0 radical (unpaired) electrons. The van der Waals surface area contributed by atoms with E-state index in [2.05, 4.69) is 11.9 Å². The van der Waals surface area contributed by atoms with Gasteiger partial charge in [-0.3, -0.25) is 0 Å². The van der Waals surface area contributed by atoms with Crippen LogP contribution in [0, 0.1) is 6.92 Å². The summed E-state index contributed by atoms with van der Waals surface area (Å²) in [6.45, 7) is 4.00. The second kappa shape index (κ2) is 4.91. The van der Waals surface area contributed by atoms with Crippen LogP contribution in [-0.4, -0.2) is 16.1 Å². The van der Waals surface area contributed by atoms with Crippen LogP contribution < -0.4 is 0 Å². The number of rotatable bonds is 4. The van der Waals surface area contributed by atoms with Gasteiger partial charge < -0.3 is 5.11 Å².